The van der Waals surface area contributed by atoms with Gasteiger partial charge in [0, 0.05) is 28.2 Å². The fourth-order valence-corrected chi connectivity index (χ4v) is 3.13. The number of thiazole rings is 2. The highest BCUT2D eigenvalue weighted by atomic mass is 32.1. The van der Waals surface area contributed by atoms with E-state index in [1.54, 1.807) is 22.7 Å². The summed E-state index contributed by atoms with van der Waals surface area (Å²) in [5.41, 5.74) is 5.19. The second kappa shape index (κ2) is 5.50. The highest BCUT2D eigenvalue weighted by Gasteiger charge is 2.07. The molecule has 0 aliphatic carbocycles. The van der Waals surface area contributed by atoms with Crippen LogP contribution < -0.4 is 5.32 Å². The number of aromatic nitrogens is 2. The van der Waals surface area contributed by atoms with Gasteiger partial charge in [0.1, 0.15) is 5.01 Å². The Labute approximate surface area is 120 Å². The van der Waals surface area contributed by atoms with Crippen molar-refractivity contribution in [1.29, 1.82) is 0 Å². The van der Waals surface area contributed by atoms with Gasteiger partial charge in [-0.3, -0.25) is 0 Å². The van der Waals surface area contributed by atoms with Crippen molar-refractivity contribution >= 4 is 28.4 Å². The molecule has 0 saturated carbocycles. The van der Waals surface area contributed by atoms with Crippen LogP contribution in [-0.4, -0.2) is 9.97 Å². The molecule has 3 nitrogen and oxygen atoms in total. The maximum absolute atomic E-state index is 4.32. The van der Waals surface area contributed by atoms with Crippen molar-refractivity contribution in [2.24, 2.45) is 0 Å². The van der Waals surface area contributed by atoms with E-state index in [1.807, 2.05) is 17.1 Å². The monoisotopic (exact) mass is 287 g/mol. The lowest BCUT2D eigenvalue weighted by molar-refractivity contribution is 0.850. The predicted octanol–water partition coefficient (Wildman–Crippen LogP) is 4.44. The van der Waals surface area contributed by atoms with Gasteiger partial charge < -0.3 is 5.32 Å². The average Bonchev–Trinajstić information content (AvgIpc) is 3.13. The summed E-state index contributed by atoms with van der Waals surface area (Å²) in [6.07, 6.45) is 1.83. The number of anilines is 1. The summed E-state index contributed by atoms with van der Waals surface area (Å²) in [5.74, 6) is 0. The topological polar surface area (TPSA) is 37.8 Å². The van der Waals surface area contributed by atoms with Gasteiger partial charge >= 0.3 is 0 Å². The van der Waals surface area contributed by atoms with Crippen LogP contribution in [0.4, 0.5) is 5.69 Å². The summed E-state index contributed by atoms with van der Waals surface area (Å²) in [7, 11) is 0. The smallest absolute Gasteiger partial charge is 0.123 e. The van der Waals surface area contributed by atoms with E-state index in [9.17, 15) is 0 Å². The summed E-state index contributed by atoms with van der Waals surface area (Å²) in [5, 5.41) is 8.56. The molecule has 3 rings (SSSR count). The highest BCUT2D eigenvalue weighted by molar-refractivity contribution is 7.13. The largest absolute Gasteiger partial charge is 0.377 e. The maximum atomic E-state index is 4.32. The lowest BCUT2D eigenvalue weighted by Crippen LogP contribution is -2.06. The number of hydrogen-bond acceptors (Lipinski definition) is 5. The number of benzene rings is 1. The van der Waals surface area contributed by atoms with Crippen LogP contribution in [0.15, 0.2) is 46.7 Å². The third-order valence-corrected chi connectivity index (χ3v) is 4.27. The molecular formula is C14H13N3S2. The summed E-state index contributed by atoms with van der Waals surface area (Å²) in [6.45, 7) is 2.11. The van der Waals surface area contributed by atoms with Crippen LogP contribution in [0, 0.1) is 0 Å². The third-order valence-electron chi connectivity index (χ3n) is 2.84. The van der Waals surface area contributed by atoms with Crippen LogP contribution in [-0.2, 0) is 0 Å². The molecule has 5 heteroatoms. The Kier molecular flexibility index (Phi) is 3.57. The molecule has 0 bridgehead atoms. The van der Waals surface area contributed by atoms with Crippen molar-refractivity contribution in [2.45, 2.75) is 13.0 Å². The van der Waals surface area contributed by atoms with Gasteiger partial charge in [-0.05, 0) is 31.2 Å². The minimum Gasteiger partial charge on any atom is -0.377 e. The van der Waals surface area contributed by atoms with Crippen molar-refractivity contribution in [3.05, 3.63) is 52.4 Å². The molecule has 0 aliphatic rings. The number of nitrogens with one attached hydrogen (secondary N) is 1. The van der Waals surface area contributed by atoms with E-state index < -0.39 is 0 Å². The van der Waals surface area contributed by atoms with E-state index in [0.29, 0.717) is 0 Å². The number of hydrogen-bond donors (Lipinski definition) is 1. The third kappa shape index (κ3) is 2.83. The Morgan fingerprint density at radius 1 is 1.16 bits per heavy atom. The van der Waals surface area contributed by atoms with Crippen LogP contribution in [0.3, 0.4) is 0 Å². The predicted molar refractivity (Wildman–Crippen MR) is 81.7 cm³/mol. The molecule has 0 saturated heterocycles. The van der Waals surface area contributed by atoms with Crippen LogP contribution in [0.25, 0.3) is 10.6 Å². The Morgan fingerprint density at radius 2 is 2.00 bits per heavy atom. The molecular weight excluding hydrogens is 274 g/mol. The van der Waals surface area contributed by atoms with Gasteiger partial charge in [-0.2, -0.15) is 0 Å². The number of rotatable bonds is 4. The van der Waals surface area contributed by atoms with Crippen molar-refractivity contribution in [2.75, 3.05) is 5.32 Å². The highest BCUT2D eigenvalue weighted by Crippen LogP contribution is 2.25. The SMILES string of the molecule is CC(Nc1ccc(-c2nccs2)cc1)c1cscn1. The summed E-state index contributed by atoms with van der Waals surface area (Å²) in [6, 6.07) is 8.57. The first kappa shape index (κ1) is 12.3. The van der Waals surface area contributed by atoms with E-state index >= 15 is 0 Å². The molecule has 0 amide bonds. The molecule has 2 heterocycles. The summed E-state index contributed by atoms with van der Waals surface area (Å²) >= 11 is 3.27. The van der Waals surface area contributed by atoms with Crippen LogP contribution in [0.5, 0.6) is 0 Å². The Bertz CT molecular complexity index is 615. The van der Waals surface area contributed by atoms with Crippen molar-refractivity contribution < 1.29 is 0 Å². The Morgan fingerprint density at radius 3 is 2.63 bits per heavy atom. The molecule has 19 heavy (non-hydrogen) atoms. The fourth-order valence-electron chi connectivity index (χ4n) is 1.83. The average molecular weight is 287 g/mol. The lowest BCUT2D eigenvalue weighted by atomic mass is 10.2. The van der Waals surface area contributed by atoms with Gasteiger partial charge in [0.25, 0.3) is 0 Å². The van der Waals surface area contributed by atoms with Crippen molar-refractivity contribution in [1.82, 2.24) is 9.97 Å². The van der Waals surface area contributed by atoms with Crippen molar-refractivity contribution in [3.63, 3.8) is 0 Å². The first-order valence-corrected chi connectivity index (χ1v) is 7.80. The van der Waals surface area contributed by atoms with Crippen molar-refractivity contribution in [3.8, 4) is 10.6 Å². The van der Waals surface area contributed by atoms with Gasteiger partial charge in [0.15, 0.2) is 0 Å². The summed E-state index contributed by atoms with van der Waals surface area (Å²) < 4.78 is 0. The minimum absolute atomic E-state index is 0.219. The molecule has 1 N–H and O–H groups in total. The van der Waals surface area contributed by atoms with Crippen LogP contribution in [0.2, 0.25) is 0 Å². The van der Waals surface area contributed by atoms with E-state index in [4.69, 9.17) is 0 Å². The van der Waals surface area contributed by atoms with E-state index in [-0.39, 0.29) is 6.04 Å². The molecule has 0 aliphatic heterocycles. The van der Waals surface area contributed by atoms with Gasteiger partial charge in [0.05, 0.1) is 17.2 Å². The fraction of sp³-hybridized carbons (Fsp3) is 0.143. The normalized spacial score (nSPS) is 12.3. The molecule has 1 unspecified atom stereocenters. The lowest BCUT2D eigenvalue weighted by Gasteiger charge is -2.13. The Balaban J connectivity index is 1.73. The van der Waals surface area contributed by atoms with Crippen LogP contribution in [0.1, 0.15) is 18.7 Å². The van der Waals surface area contributed by atoms with Gasteiger partial charge in [-0.15, -0.1) is 22.7 Å². The molecule has 96 valence electrons. The quantitative estimate of drug-likeness (QED) is 0.771. The van der Waals surface area contributed by atoms with Gasteiger partial charge in [-0.25, -0.2) is 9.97 Å². The van der Waals surface area contributed by atoms with E-state index in [0.717, 1.165) is 22.0 Å². The zero-order valence-corrected chi connectivity index (χ0v) is 12.0. The first-order chi connectivity index (χ1) is 9.33. The van der Waals surface area contributed by atoms with E-state index in [1.165, 1.54) is 0 Å². The standard InChI is InChI=1S/C14H13N3S2/c1-10(13-8-18-9-16-13)17-12-4-2-11(3-5-12)14-15-6-7-19-14/h2-10,17H,1H3. The molecule has 2 aromatic heterocycles. The zero-order chi connectivity index (χ0) is 13.1. The minimum atomic E-state index is 0.219. The first-order valence-electron chi connectivity index (χ1n) is 5.97. The number of nitrogens with zero attached hydrogens (tertiary/aromatic N) is 2. The Hall–Kier alpha value is -1.72. The molecule has 3 aromatic rings. The molecule has 0 fully saturated rings. The molecule has 0 radical (unpaired) electrons. The molecule has 0 spiro atoms. The molecule has 1 atom stereocenters. The molecule has 1 aromatic carbocycles. The second-order valence-corrected chi connectivity index (χ2v) is 5.81. The second-order valence-electron chi connectivity index (χ2n) is 4.19. The maximum Gasteiger partial charge on any atom is 0.123 e. The van der Waals surface area contributed by atoms with Gasteiger partial charge in [-0.1, -0.05) is 0 Å². The summed E-state index contributed by atoms with van der Waals surface area (Å²) in [4.78, 5) is 8.63. The van der Waals surface area contributed by atoms with E-state index in [2.05, 4.69) is 51.9 Å². The van der Waals surface area contributed by atoms with Crippen LogP contribution >= 0.6 is 22.7 Å². The van der Waals surface area contributed by atoms with Gasteiger partial charge in [0.2, 0.25) is 0 Å². The zero-order valence-electron chi connectivity index (χ0n) is 10.4.